The molecule has 1 heterocycles. The molecular formula is C19H16F2N2OS. The van der Waals surface area contributed by atoms with Gasteiger partial charge in [0.1, 0.15) is 0 Å². The van der Waals surface area contributed by atoms with Crippen LogP contribution >= 0.6 is 11.3 Å². The van der Waals surface area contributed by atoms with Crippen LogP contribution in [0.25, 0.3) is 0 Å². The molecule has 1 aromatic heterocycles. The van der Waals surface area contributed by atoms with E-state index in [1.807, 2.05) is 24.4 Å². The topological polar surface area (TPSA) is 42.0 Å². The fraction of sp³-hybridized carbons (Fsp3) is 0.158. The van der Waals surface area contributed by atoms with Crippen molar-refractivity contribution in [2.24, 2.45) is 0 Å². The van der Waals surface area contributed by atoms with E-state index in [0.717, 1.165) is 28.4 Å². The monoisotopic (exact) mass is 358 g/mol. The maximum absolute atomic E-state index is 13.1. The zero-order chi connectivity index (χ0) is 17.6. The van der Waals surface area contributed by atoms with Crippen molar-refractivity contribution in [3.05, 3.63) is 87.4 Å². The quantitative estimate of drug-likeness (QED) is 0.724. The lowest BCUT2D eigenvalue weighted by Crippen LogP contribution is -2.25. The lowest BCUT2D eigenvalue weighted by Gasteiger charge is -2.04. The molecule has 3 rings (SSSR count). The number of thiazole rings is 1. The highest BCUT2D eigenvalue weighted by Crippen LogP contribution is 2.17. The summed E-state index contributed by atoms with van der Waals surface area (Å²) in [7, 11) is 0. The Morgan fingerprint density at radius 1 is 1.08 bits per heavy atom. The molecule has 2 aromatic carbocycles. The van der Waals surface area contributed by atoms with Crippen molar-refractivity contribution < 1.29 is 13.6 Å². The first-order valence-electron chi connectivity index (χ1n) is 7.82. The lowest BCUT2D eigenvalue weighted by molar-refractivity contribution is 0.0953. The summed E-state index contributed by atoms with van der Waals surface area (Å²) in [5, 5.41) is 3.62. The molecule has 0 saturated heterocycles. The molecular weight excluding hydrogens is 342 g/mol. The van der Waals surface area contributed by atoms with Crippen molar-refractivity contribution in [3.8, 4) is 0 Å². The van der Waals surface area contributed by atoms with Crippen LogP contribution in [-0.2, 0) is 12.8 Å². The van der Waals surface area contributed by atoms with Crippen molar-refractivity contribution in [1.82, 2.24) is 10.3 Å². The van der Waals surface area contributed by atoms with E-state index in [-0.39, 0.29) is 5.56 Å². The zero-order valence-electron chi connectivity index (χ0n) is 13.3. The molecule has 0 aliphatic rings. The third-order valence-electron chi connectivity index (χ3n) is 3.63. The minimum absolute atomic E-state index is 0.0998. The average Bonchev–Trinajstić information content (AvgIpc) is 3.05. The number of hydrogen-bond acceptors (Lipinski definition) is 3. The van der Waals surface area contributed by atoms with Crippen LogP contribution < -0.4 is 5.32 Å². The molecule has 3 aromatic rings. The normalized spacial score (nSPS) is 10.6. The first-order valence-corrected chi connectivity index (χ1v) is 8.64. The predicted octanol–water partition coefficient (Wildman–Crippen LogP) is 3.98. The van der Waals surface area contributed by atoms with E-state index in [1.165, 1.54) is 11.6 Å². The number of rotatable bonds is 6. The van der Waals surface area contributed by atoms with Crippen LogP contribution in [0.4, 0.5) is 8.78 Å². The van der Waals surface area contributed by atoms with Gasteiger partial charge in [-0.3, -0.25) is 4.79 Å². The standard InChI is InChI=1S/C19H16F2N2OS/c20-16-7-6-14(11-17(16)21)19(24)22-9-8-18-23-12-15(25-18)10-13-4-2-1-3-5-13/h1-7,11-12H,8-10H2,(H,22,24). The highest BCUT2D eigenvalue weighted by molar-refractivity contribution is 7.11. The number of nitrogens with one attached hydrogen (secondary N) is 1. The van der Waals surface area contributed by atoms with Gasteiger partial charge in [-0.1, -0.05) is 30.3 Å². The minimum Gasteiger partial charge on any atom is -0.352 e. The van der Waals surface area contributed by atoms with E-state index in [0.29, 0.717) is 13.0 Å². The summed E-state index contributed by atoms with van der Waals surface area (Å²) in [5.74, 6) is -2.43. The van der Waals surface area contributed by atoms with E-state index in [9.17, 15) is 13.6 Å². The van der Waals surface area contributed by atoms with Gasteiger partial charge >= 0.3 is 0 Å². The molecule has 0 atom stereocenters. The molecule has 128 valence electrons. The zero-order valence-corrected chi connectivity index (χ0v) is 14.2. The lowest BCUT2D eigenvalue weighted by atomic mass is 10.1. The molecule has 0 saturated carbocycles. The second-order valence-electron chi connectivity index (χ2n) is 5.52. The molecule has 0 bridgehead atoms. The van der Waals surface area contributed by atoms with Crippen molar-refractivity contribution in [2.45, 2.75) is 12.8 Å². The Kier molecular flexibility index (Phi) is 5.50. The van der Waals surface area contributed by atoms with Gasteiger partial charge in [0.25, 0.3) is 5.91 Å². The smallest absolute Gasteiger partial charge is 0.251 e. The van der Waals surface area contributed by atoms with Crippen LogP contribution in [0.3, 0.4) is 0 Å². The number of nitrogens with zero attached hydrogens (tertiary/aromatic N) is 1. The van der Waals surface area contributed by atoms with E-state index in [4.69, 9.17) is 0 Å². The van der Waals surface area contributed by atoms with Crippen LogP contribution in [0.2, 0.25) is 0 Å². The Labute approximate surface area is 148 Å². The maximum Gasteiger partial charge on any atom is 0.251 e. The van der Waals surface area contributed by atoms with Gasteiger partial charge < -0.3 is 5.32 Å². The van der Waals surface area contributed by atoms with Gasteiger partial charge in [0.05, 0.1) is 5.01 Å². The van der Waals surface area contributed by atoms with Crippen LogP contribution in [-0.4, -0.2) is 17.4 Å². The van der Waals surface area contributed by atoms with Gasteiger partial charge in [-0.05, 0) is 23.8 Å². The summed E-state index contributed by atoms with van der Waals surface area (Å²) in [4.78, 5) is 17.5. The van der Waals surface area contributed by atoms with E-state index < -0.39 is 17.5 Å². The van der Waals surface area contributed by atoms with Crippen molar-refractivity contribution >= 4 is 17.2 Å². The summed E-state index contributed by atoms with van der Waals surface area (Å²) >= 11 is 1.61. The third-order valence-corrected chi connectivity index (χ3v) is 4.69. The number of halogens is 2. The molecule has 25 heavy (non-hydrogen) atoms. The molecule has 0 spiro atoms. The number of carbonyl (C=O) groups excluding carboxylic acids is 1. The Balaban J connectivity index is 1.50. The molecule has 0 aliphatic carbocycles. The molecule has 0 unspecified atom stereocenters. The number of amides is 1. The first-order chi connectivity index (χ1) is 12.1. The molecule has 0 aliphatic heterocycles. The summed E-state index contributed by atoms with van der Waals surface area (Å²) < 4.78 is 26.0. The molecule has 0 radical (unpaired) electrons. The second-order valence-corrected chi connectivity index (χ2v) is 6.72. The van der Waals surface area contributed by atoms with Gasteiger partial charge in [-0.25, -0.2) is 13.8 Å². The number of carbonyl (C=O) groups is 1. The SMILES string of the molecule is O=C(NCCc1ncc(Cc2ccccc2)s1)c1ccc(F)c(F)c1. The van der Waals surface area contributed by atoms with E-state index in [1.54, 1.807) is 11.3 Å². The van der Waals surface area contributed by atoms with Crippen molar-refractivity contribution in [1.29, 1.82) is 0 Å². The van der Waals surface area contributed by atoms with E-state index in [2.05, 4.69) is 22.4 Å². The fourth-order valence-corrected chi connectivity index (χ4v) is 3.32. The number of aromatic nitrogens is 1. The fourth-order valence-electron chi connectivity index (χ4n) is 2.36. The largest absolute Gasteiger partial charge is 0.352 e. The van der Waals surface area contributed by atoms with Gasteiger partial charge in [0.15, 0.2) is 11.6 Å². The van der Waals surface area contributed by atoms with E-state index >= 15 is 0 Å². The van der Waals surface area contributed by atoms with Crippen LogP contribution in [0.1, 0.15) is 25.8 Å². The number of benzene rings is 2. The summed E-state index contributed by atoms with van der Waals surface area (Å²) in [5.41, 5.74) is 1.33. The van der Waals surface area contributed by atoms with Gasteiger partial charge in [-0.2, -0.15) is 0 Å². The molecule has 1 N–H and O–H groups in total. The molecule has 6 heteroatoms. The van der Waals surface area contributed by atoms with Crippen LogP contribution in [0.5, 0.6) is 0 Å². The second kappa shape index (κ2) is 7.98. The minimum atomic E-state index is -1.03. The van der Waals surface area contributed by atoms with Crippen LogP contribution in [0.15, 0.2) is 54.7 Å². The van der Waals surface area contributed by atoms with Gasteiger partial charge in [-0.15, -0.1) is 11.3 Å². The van der Waals surface area contributed by atoms with Gasteiger partial charge in [0.2, 0.25) is 0 Å². The van der Waals surface area contributed by atoms with Crippen molar-refractivity contribution in [3.63, 3.8) is 0 Å². The summed E-state index contributed by atoms with van der Waals surface area (Å²) in [6.07, 6.45) is 3.28. The van der Waals surface area contributed by atoms with Crippen molar-refractivity contribution in [2.75, 3.05) is 6.54 Å². The highest BCUT2D eigenvalue weighted by atomic mass is 32.1. The van der Waals surface area contributed by atoms with Gasteiger partial charge in [0, 0.05) is 36.0 Å². The first kappa shape index (κ1) is 17.2. The third kappa shape index (κ3) is 4.70. The Morgan fingerprint density at radius 2 is 1.88 bits per heavy atom. The number of hydrogen-bond donors (Lipinski definition) is 1. The van der Waals surface area contributed by atoms with Crippen LogP contribution in [0, 0.1) is 11.6 Å². The Morgan fingerprint density at radius 3 is 2.64 bits per heavy atom. The average molecular weight is 358 g/mol. The summed E-state index contributed by atoms with van der Waals surface area (Å²) in [6, 6.07) is 13.2. The maximum atomic E-state index is 13.1. The molecule has 3 nitrogen and oxygen atoms in total. The Bertz CT molecular complexity index is 865. The Hall–Kier alpha value is -2.60. The molecule has 0 fully saturated rings. The molecule has 1 amide bonds. The summed E-state index contributed by atoms with van der Waals surface area (Å²) in [6.45, 7) is 0.385. The predicted molar refractivity (Wildman–Crippen MR) is 93.8 cm³/mol. The highest BCUT2D eigenvalue weighted by Gasteiger charge is 2.10.